The molecular formula is C22H28O4. The summed E-state index contributed by atoms with van der Waals surface area (Å²) in [6.07, 6.45) is 5.39. The lowest BCUT2D eigenvalue weighted by Gasteiger charge is -2.56. The number of hydrogen-bond acceptors (Lipinski definition) is 4. The van der Waals surface area contributed by atoms with Gasteiger partial charge in [0.25, 0.3) is 0 Å². The van der Waals surface area contributed by atoms with Gasteiger partial charge in [-0.15, -0.1) is 0 Å². The average molecular weight is 356 g/mol. The lowest BCUT2D eigenvalue weighted by Crippen LogP contribution is -2.65. The van der Waals surface area contributed by atoms with Crippen LogP contribution in [0.3, 0.4) is 0 Å². The Morgan fingerprint density at radius 1 is 1.12 bits per heavy atom. The quantitative estimate of drug-likeness (QED) is 0.766. The van der Waals surface area contributed by atoms with Gasteiger partial charge in [0.1, 0.15) is 5.60 Å². The average Bonchev–Trinajstić information content (AvgIpc) is 2.84. The molecule has 0 amide bonds. The summed E-state index contributed by atoms with van der Waals surface area (Å²) >= 11 is 0. The molecule has 3 saturated heterocycles. The van der Waals surface area contributed by atoms with E-state index in [1.54, 1.807) is 0 Å². The smallest absolute Gasteiger partial charge is 0.311 e. The molecule has 7 atom stereocenters. The molecule has 0 radical (unpaired) electrons. The minimum Gasteiger partial charge on any atom is -0.432 e. The van der Waals surface area contributed by atoms with Gasteiger partial charge in [-0.1, -0.05) is 37.3 Å². The highest BCUT2D eigenvalue weighted by Crippen LogP contribution is 2.63. The van der Waals surface area contributed by atoms with E-state index in [4.69, 9.17) is 14.2 Å². The standard InChI is InChI=1S/C22H28O4/c1-14-8-11-18-16(10-9-15-6-4-3-5-7-15)19(23)24-20-22(18)17(14)12-13-21(2,25-20)26-22/h3-7,14,16-18,20H,8-13H2,1-2H3/t14-,16-,17+,18+,20-,21-,22-/m1/s1. The summed E-state index contributed by atoms with van der Waals surface area (Å²) in [5, 5.41) is 0. The van der Waals surface area contributed by atoms with Crippen LogP contribution < -0.4 is 0 Å². The third-order valence-corrected chi connectivity index (χ3v) is 7.40. The van der Waals surface area contributed by atoms with Gasteiger partial charge in [-0.05, 0) is 56.4 Å². The first kappa shape index (κ1) is 16.8. The van der Waals surface area contributed by atoms with Crippen LogP contribution in [0.25, 0.3) is 0 Å². The maximum absolute atomic E-state index is 12.9. The van der Waals surface area contributed by atoms with Crippen molar-refractivity contribution in [3.8, 4) is 0 Å². The number of ether oxygens (including phenoxy) is 3. The Morgan fingerprint density at radius 3 is 2.73 bits per heavy atom. The Morgan fingerprint density at radius 2 is 1.92 bits per heavy atom. The SMILES string of the molecule is C[C@@H]1CC[C@H]2[C@@H](CCc3ccccc3)C(=O)O[C@@H]3O[C@@]4(C)CC[C@@H]1[C@]32O4. The Kier molecular flexibility index (Phi) is 3.74. The number of carbonyl (C=O) groups excluding carboxylic acids is 1. The van der Waals surface area contributed by atoms with Crippen LogP contribution in [0.5, 0.6) is 0 Å². The molecule has 5 rings (SSSR count). The molecule has 1 spiro atoms. The van der Waals surface area contributed by atoms with Crippen molar-refractivity contribution in [1.29, 1.82) is 0 Å². The molecule has 1 aliphatic carbocycles. The van der Waals surface area contributed by atoms with Crippen molar-refractivity contribution >= 4 is 5.97 Å². The van der Waals surface area contributed by atoms with Crippen LogP contribution in [0.1, 0.15) is 51.5 Å². The molecule has 1 aromatic rings. The van der Waals surface area contributed by atoms with Crippen LogP contribution >= 0.6 is 0 Å². The van der Waals surface area contributed by atoms with Gasteiger partial charge in [-0.3, -0.25) is 4.79 Å². The largest absolute Gasteiger partial charge is 0.432 e. The maximum atomic E-state index is 12.9. The van der Waals surface area contributed by atoms with Gasteiger partial charge in [0.05, 0.1) is 5.92 Å². The maximum Gasteiger partial charge on any atom is 0.311 e. The molecule has 1 aromatic carbocycles. The van der Waals surface area contributed by atoms with E-state index in [0.717, 1.165) is 32.1 Å². The van der Waals surface area contributed by atoms with Gasteiger partial charge in [0, 0.05) is 12.3 Å². The fourth-order valence-corrected chi connectivity index (χ4v) is 6.17. The lowest BCUT2D eigenvalue weighted by atomic mass is 9.56. The number of aryl methyl sites for hydroxylation is 1. The monoisotopic (exact) mass is 356 g/mol. The molecule has 26 heavy (non-hydrogen) atoms. The topological polar surface area (TPSA) is 44.8 Å². The van der Waals surface area contributed by atoms with Crippen molar-refractivity contribution in [2.75, 3.05) is 0 Å². The van der Waals surface area contributed by atoms with E-state index in [9.17, 15) is 4.79 Å². The molecule has 4 nitrogen and oxygen atoms in total. The highest BCUT2D eigenvalue weighted by atomic mass is 16.8. The predicted molar refractivity (Wildman–Crippen MR) is 96.1 cm³/mol. The second-order valence-corrected chi connectivity index (χ2v) is 8.91. The molecule has 0 aromatic heterocycles. The van der Waals surface area contributed by atoms with E-state index in [-0.39, 0.29) is 17.8 Å². The molecule has 4 aliphatic rings. The molecule has 3 heterocycles. The lowest BCUT2D eigenvalue weighted by molar-refractivity contribution is -0.265. The first-order valence-electron chi connectivity index (χ1n) is 10.1. The van der Waals surface area contributed by atoms with E-state index in [2.05, 4.69) is 31.2 Å². The zero-order valence-electron chi connectivity index (χ0n) is 15.6. The van der Waals surface area contributed by atoms with Crippen LogP contribution in [-0.2, 0) is 25.4 Å². The fraction of sp³-hybridized carbons (Fsp3) is 0.682. The van der Waals surface area contributed by atoms with Crippen molar-refractivity contribution in [1.82, 2.24) is 0 Å². The van der Waals surface area contributed by atoms with Gasteiger partial charge in [0.15, 0.2) is 5.79 Å². The fourth-order valence-electron chi connectivity index (χ4n) is 6.17. The zero-order chi connectivity index (χ0) is 17.9. The molecule has 4 heteroatoms. The molecule has 140 valence electrons. The van der Waals surface area contributed by atoms with Gasteiger partial charge >= 0.3 is 5.97 Å². The van der Waals surface area contributed by atoms with Crippen molar-refractivity contribution in [2.24, 2.45) is 23.7 Å². The normalized spacial score (nSPS) is 46.5. The third-order valence-electron chi connectivity index (χ3n) is 7.40. The highest BCUT2D eigenvalue weighted by Gasteiger charge is 2.72. The zero-order valence-corrected chi connectivity index (χ0v) is 15.6. The van der Waals surface area contributed by atoms with Crippen LogP contribution in [0.4, 0.5) is 0 Å². The summed E-state index contributed by atoms with van der Waals surface area (Å²) in [5.41, 5.74) is 0.845. The van der Waals surface area contributed by atoms with Crippen molar-refractivity contribution < 1.29 is 19.0 Å². The summed E-state index contributed by atoms with van der Waals surface area (Å²) in [6, 6.07) is 10.4. The van der Waals surface area contributed by atoms with Gasteiger partial charge in [0.2, 0.25) is 6.29 Å². The van der Waals surface area contributed by atoms with Gasteiger partial charge < -0.3 is 14.2 Å². The Labute approximate surface area is 155 Å². The Hall–Kier alpha value is -1.39. The molecule has 1 saturated carbocycles. The number of benzene rings is 1. The molecule has 3 aliphatic heterocycles. The molecule has 0 N–H and O–H groups in total. The second kappa shape index (κ2) is 5.80. The number of rotatable bonds is 3. The summed E-state index contributed by atoms with van der Waals surface area (Å²) in [4.78, 5) is 12.9. The number of carbonyl (C=O) groups is 1. The second-order valence-electron chi connectivity index (χ2n) is 8.91. The number of hydrogen-bond donors (Lipinski definition) is 0. The van der Waals surface area contributed by atoms with Crippen molar-refractivity contribution in [2.45, 2.75) is 70.1 Å². The minimum absolute atomic E-state index is 0.0883. The summed E-state index contributed by atoms with van der Waals surface area (Å²) in [5.74, 6) is 0.451. The minimum atomic E-state index is -0.592. The highest BCUT2D eigenvalue weighted by molar-refractivity contribution is 5.74. The molecular weight excluding hydrogens is 328 g/mol. The predicted octanol–water partition coefficient (Wildman–Crippen LogP) is 4.08. The molecule has 0 unspecified atom stereocenters. The summed E-state index contributed by atoms with van der Waals surface area (Å²) in [6.45, 7) is 4.34. The van der Waals surface area contributed by atoms with Gasteiger partial charge in [-0.25, -0.2) is 0 Å². The van der Waals surface area contributed by atoms with E-state index in [1.165, 1.54) is 12.0 Å². The molecule has 2 bridgehead atoms. The van der Waals surface area contributed by atoms with E-state index >= 15 is 0 Å². The number of fused-ring (bicyclic) bond motifs is 1. The summed E-state index contributed by atoms with van der Waals surface area (Å²) in [7, 11) is 0. The third kappa shape index (κ3) is 2.31. The van der Waals surface area contributed by atoms with Gasteiger partial charge in [-0.2, -0.15) is 0 Å². The van der Waals surface area contributed by atoms with E-state index in [0.29, 0.717) is 11.8 Å². The molecule has 4 fully saturated rings. The van der Waals surface area contributed by atoms with Crippen molar-refractivity contribution in [3.05, 3.63) is 35.9 Å². The van der Waals surface area contributed by atoms with E-state index < -0.39 is 17.7 Å². The van der Waals surface area contributed by atoms with Crippen LogP contribution in [0, 0.1) is 23.7 Å². The number of esters is 1. The van der Waals surface area contributed by atoms with E-state index in [1.807, 2.05) is 13.0 Å². The van der Waals surface area contributed by atoms with Crippen LogP contribution in [0.15, 0.2) is 30.3 Å². The Bertz CT molecular complexity index is 703. The summed E-state index contributed by atoms with van der Waals surface area (Å²) < 4.78 is 18.7. The van der Waals surface area contributed by atoms with Crippen LogP contribution in [0.2, 0.25) is 0 Å². The first-order valence-corrected chi connectivity index (χ1v) is 10.1. The Balaban J connectivity index is 1.46. The first-order chi connectivity index (χ1) is 12.5. The van der Waals surface area contributed by atoms with Crippen LogP contribution in [-0.4, -0.2) is 23.6 Å². The van der Waals surface area contributed by atoms with Crippen molar-refractivity contribution in [3.63, 3.8) is 0 Å².